The monoisotopic (exact) mass is 528 g/mol. The molecule has 0 spiro atoms. The Morgan fingerprint density at radius 2 is 1.97 bits per heavy atom. The first-order valence-corrected chi connectivity index (χ1v) is 13.7. The van der Waals surface area contributed by atoms with Gasteiger partial charge in [0.25, 0.3) is 0 Å². The van der Waals surface area contributed by atoms with Crippen LogP contribution in [0.4, 0.5) is 15.7 Å². The van der Waals surface area contributed by atoms with Gasteiger partial charge in [-0.3, -0.25) is 0 Å². The minimum atomic E-state index is -2.88. The Kier molecular flexibility index (Phi) is 7.90. The first kappa shape index (κ1) is 25.3. The summed E-state index contributed by atoms with van der Waals surface area (Å²) in [5.74, 6) is 1.68. The summed E-state index contributed by atoms with van der Waals surface area (Å²) in [6.07, 6.45) is 2.63. The van der Waals surface area contributed by atoms with E-state index in [1.807, 2.05) is 18.2 Å². The molecule has 0 aliphatic rings. The van der Waals surface area contributed by atoms with Crippen LogP contribution in [-0.4, -0.2) is 57.0 Å². The van der Waals surface area contributed by atoms with Gasteiger partial charge < -0.3 is 19.5 Å². The molecule has 0 saturated heterocycles. The average Bonchev–Trinajstić information content (AvgIpc) is 3.37. The Morgan fingerprint density at radius 3 is 2.67 bits per heavy atom. The molecule has 4 aromatic rings. The lowest BCUT2D eigenvalue weighted by atomic mass is 10.1. The number of carbonyl (C=O) groups excluding carboxylic acids is 1. The molecule has 188 valence electrons. The highest BCUT2D eigenvalue weighted by Crippen LogP contribution is 2.35. The number of rotatable bonds is 9. The quantitative estimate of drug-likeness (QED) is 0.331. The molecule has 1 unspecified atom stereocenters. The number of hydrogen-bond donors (Lipinski definition) is 1. The number of methoxy groups -OCH3 is 1. The van der Waals surface area contributed by atoms with Gasteiger partial charge in [0.05, 0.1) is 35.6 Å². The van der Waals surface area contributed by atoms with Crippen molar-refractivity contribution < 1.29 is 23.2 Å². The van der Waals surface area contributed by atoms with Crippen molar-refractivity contribution in [1.82, 2.24) is 20.2 Å². The fourth-order valence-corrected chi connectivity index (χ4v) is 4.82. The Labute approximate surface area is 212 Å². The smallest absolute Gasteiger partial charge is 0.442 e. The normalized spacial score (nSPS) is 12.5. The Bertz CT molecular complexity index is 1470. The van der Waals surface area contributed by atoms with Gasteiger partial charge in [-0.1, -0.05) is 23.5 Å². The van der Waals surface area contributed by atoms with E-state index >= 15 is 0 Å². The van der Waals surface area contributed by atoms with E-state index in [2.05, 4.69) is 29.8 Å². The van der Waals surface area contributed by atoms with Gasteiger partial charge in [0, 0.05) is 29.0 Å². The molecule has 13 heteroatoms. The SMILES string of the molecule is CCOC(=O)N=S(C)(=O)c1ccc(CCOc2cc3ncnc(Nc4nncs4)c3cc2OC)cc1. The van der Waals surface area contributed by atoms with E-state index in [0.29, 0.717) is 45.9 Å². The highest BCUT2D eigenvalue weighted by Gasteiger charge is 2.13. The van der Waals surface area contributed by atoms with Crippen LogP contribution in [0.15, 0.2) is 57.5 Å². The van der Waals surface area contributed by atoms with Gasteiger partial charge in [0.1, 0.15) is 17.7 Å². The summed E-state index contributed by atoms with van der Waals surface area (Å²) in [6.45, 7) is 2.21. The number of amides is 1. The molecule has 0 bridgehead atoms. The van der Waals surface area contributed by atoms with Crippen LogP contribution in [0, 0.1) is 0 Å². The fraction of sp³-hybridized carbons (Fsp3) is 0.261. The molecule has 0 fully saturated rings. The maximum absolute atomic E-state index is 12.7. The Hall–Kier alpha value is -3.84. The van der Waals surface area contributed by atoms with Gasteiger partial charge in [-0.25, -0.2) is 19.0 Å². The number of benzene rings is 2. The van der Waals surface area contributed by atoms with Crippen LogP contribution in [0.25, 0.3) is 10.9 Å². The van der Waals surface area contributed by atoms with E-state index < -0.39 is 15.8 Å². The molecule has 4 rings (SSSR count). The van der Waals surface area contributed by atoms with E-state index in [-0.39, 0.29) is 6.61 Å². The van der Waals surface area contributed by atoms with Crippen molar-refractivity contribution in [2.75, 3.05) is 31.9 Å². The number of anilines is 2. The van der Waals surface area contributed by atoms with Crippen molar-refractivity contribution in [3.63, 3.8) is 0 Å². The molecule has 11 nitrogen and oxygen atoms in total. The van der Waals surface area contributed by atoms with Gasteiger partial charge >= 0.3 is 6.09 Å². The Morgan fingerprint density at radius 1 is 1.17 bits per heavy atom. The van der Waals surface area contributed by atoms with Gasteiger partial charge in [0.2, 0.25) is 5.13 Å². The molecule has 1 atom stereocenters. The molecule has 1 amide bonds. The molecule has 2 heterocycles. The van der Waals surface area contributed by atoms with Crippen molar-refractivity contribution in [2.24, 2.45) is 4.36 Å². The third-order valence-electron chi connectivity index (χ3n) is 5.03. The molecule has 2 aromatic carbocycles. The minimum Gasteiger partial charge on any atom is -0.493 e. The largest absolute Gasteiger partial charge is 0.493 e. The molecule has 1 N–H and O–H groups in total. The first-order chi connectivity index (χ1) is 17.4. The van der Waals surface area contributed by atoms with Crippen LogP contribution in [0.1, 0.15) is 12.5 Å². The summed E-state index contributed by atoms with van der Waals surface area (Å²) >= 11 is 1.36. The highest BCUT2D eigenvalue weighted by atomic mass is 32.2. The standard InChI is InChI=1S/C23H24N6O5S2/c1-4-33-23(30)29-36(3,31)16-7-5-15(6-8-16)9-10-34-20-12-18-17(11-19(20)32-2)21(25-13-24-18)27-22-28-26-14-35-22/h5-8,11-14H,4,9-10H2,1-3H3,(H,24,25,27,28). The number of carbonyl (C=O) groups is 1. The molecule has 0 radical (unpaired) electrons. The predicted molar refractivity (Wildman–Crippen MR) is 137 cm³/mol. The molecule has 0 aliphatic heterocycles. The zero-order chi connectivity index (χ0) is 25.5. The van der Waals surface area contributed by atoms with Crippen molar-refractivity contribution in [3.8, 4) is 11.5 Å². The third-order valence-corrected chi connectivity index (χ3v) is 7.28. The van der Waals surface area contributed by atoms with E-state index in [0.717, 1.165) is 10.9 Å². The van der Waals surface area contributed by atoms with E-state index in [1.165, 1.54) is 23.9 Å². The number of nitrogens with zero attached hydrogens (tertiary/aromatic N) is 5. The van der Waals surface area contributed by atoms with Crippen molar-refractivity contribution in [1.29, 1.82) is 0 Å². The number of aromatic nitrogens is 4. The highest BCUT2D eigenvalue weighted by molar-refractivity contribution is 7.93. The van der Waals surface area contributed by atoms with Crippen molar-refractivity contribution in [3.05, 3.63) is 53.8 Å². The maximum Gasteiger partial charge on any atom is 0.442 e. The second-order valence-electron chi connectivity index (χ2n) is 7.45. The summed E-state index contributed by atoms with van der Waals surface area (Å²) in [7, 11) is -1.32. The zero-order valence-electron chi connectivity index (χ0n) is 19.8. The Balaban J connectivity index is 1.45. The van der Waals surface area contributed by atoms with E-state index in [9.17, 15) is 9.00 Å². The van der Waals surface area contributed by atoms with E-state index in [1.54, 1.807) is 37.7 Å². The van der Waals surface area contributed by atoms with Gasteiger partial charge in [-0.05, 0) is 30.7 Å². The minimum absolute atomic E-state index is 0.175. The topological polar surface area (TPSA) is 138 Å². The summed E-state index contributed by atoms with van der Waals surface area (Å²) in [4.78, 5) is 20.7. The summed E-state index contributed by atoms with van der Waals surface area (Å²) in [6, 6.07) is 10.7. The number of fused-ring (bicyclic) bond motifs is 1. The summed E-state index contributed by atoms with van der Waals surface area (Å²) in [5.41, 5.74) is 3.28. The van der Waals surface area contributed by atoms with Crippen molar-refractivity contribution >= 4 is 49.0 Å². The van der Waals surface area contributed by atoms with Gasteiger partial charge in [0.15, 0.2) is 11.5 Å². The number of nitrogens with one attached hydrogen (secondary N) is 1. The maximum atomic E-state index is 12.7. The number of hydrogen-bond acceptors (Lipinski definition) is 11. The fourth-order valence-electron chi connectivity index (χ4n) is 3.30. The zero-order valence-corrected chi connectivity index (χ0v) is 21.5. The molecular weight excluding hydrogens is 504 g/mol. The molecule has 0 saturated carbocycles. The van der Waals surface area contributed by atoms with Gasteiger partial charge in [-0.2, -0.15) is 0 Å². The molecule has 36 heavy (non-hydrogen) atoms. The van der Waals surface area contributed by atoms with Crippen LogP contribution in [0.2, 0.25) is 0 Å². The van der Waals surface area contributed by atoms with Crippen LogP contribution >= 0.6 is 11.3 Å². The van der Waals surface area contributed by atoms with Crippen LogP contribution in [0.3, 0.4) is 0 Å². The first-order valence-electron chi connectivity index (χ1n) is 10.9. The van der Waals surface area contributed by atoms with Crippen LogP contribution < -0.4 is 14.8 Å². The summed E-state index contributed by atoms with van der Waals surface area (Å²) < 4.78 is 32.7. The average molecular weight is 529 g/mol. The second kappa shape index (κ2) is 11.3. The lowest BCUT2D eigenvalue weighted by Crippen LogP contribution is -2.06. The lowest BCUT2D eigenvalue weighted by Gasteiger charge is -2.13. The second-order valence-corrected chi connectivity index (χ2v) is 10.5. The van der Waals surface area contributed by atoms with Crippen LogP contribution in [-0.2, 0) is 20.9 Å². The summed E-state index contributed by atoms with van der Waals surface area (Å²) in [5, 5.41) is 12.3. The molecule has 2 aromatic heterocycles. The molecule has 0 aliphatic carbocycles. The lowest BCUT2D eigenvalue weighted by molar-refractivity contribution is 0.164. The van der Waals surface area contributed by atoms with Gasteiger partial charge in [-0.15, -0.1) is 14.6 Å². The number of ether oxygens (including phenoxy) is 3. The van der Waals surface area contributed by atoms with Crippen LogP contribution in [0.5, 0.6) is 11.5 Å². The predicted octanol–water partition coefficient (Wildman–Crippen LogP) is 4.47. The van der Waals surface area contributed by atoms with E-state index in [4.69, 9.17) is 14.2 Å². The molecular formula is C23H24N6O5S2. The third kappa shape index (κ3) is 6.04. The van der Waals surface area contributed by atoms with Crippen molar-refractivity contribution in [2.45, 2.75) is 18.2 Å².